The number of carbonyl (C=O) groups excluding carboxylic acids is 1. The van der Waals surface area contributed by atoms with Crippen LogP contribution in [-0.2, 0) is 4.79 Å². The number of rotatable bonds is 4. The summed E-state index contributed by atoms with van der Waals surface area (Å²) < 4.78 is 37.5. The van der Waals surface area contributed by atoms with Gasteiger partial charge >= 0.3 is 12.1 Å². The van der Waals surface area contributed by atoms with E-state index in [1.807, 2.05) is 0 Å². The minimum atomic E-state index is -4.88. The van der Waals surface area contributed by atoms with Crippen molar-refractivity contribution < 1.29 is 18.0 Å². The fourth-order valence-electron chi connectivity index (χ4n) is 1.55. The monoisotopic (exact) mass is 260 g/mol. The van der Waals surface area contributed by atoms with E-state index in [0.717, 1.165) is 10.5 Å². The Hall–Kier alpha value is -1.56. The van der Waals surface area contributed by atoms with Gasteiger partial charge < -0.3 is 10.6 Å². The first-order chi connectivity index (χ1) is 8.36. The van der Waals surface area contributed by atoms with Crippen molar-refractivity contribution in [2.75, 3.05) is 18.0 Å². The number of halogens is 3. The van der Waals surface area contributed by atoms with E-state index in [4.69, 9.17) is 5.73 Å². The Balaban J connectivity index is 3.02. The van der Waals surface area contributed by atoms with E-state index in [1.165, 1.54) is 6.07 Å². The third-order valence-electron chi connectivity index (χ3n) is 2.39. The molecule has 1 amide bonds. The molecule has 1 aromatic carbocycles. The highest BCUT2D eigenvalue weighted by Gasteiger charge is 2.42. The Morgan fingerprint density at radius 3 is 2.56 bits per heavy atom. The van der Waals surface area contributed by atoms with Crippen molar-refractivity contribution in [3.8, 4) is 0 Å². The summed E-state index contributed by atoms with van der Waals surface area (Å²) in [6.45, 7) is 1.94. The van der Waals surface area contributed by atoms with E-state index in [9.17, 15) is 18.0 Å². The maximum Gasteiger partial charge on any atom is 0.471 e. The van der Waals surface area contributed by atoms with E-state index in [1.54, 1.807) is 25.1 Å². The number of benzene rings is 1. The van der Waals surface area contributed by atoms with Crippen molar-refractivity contribution in [2.45, 2.75) is 19.5 Å². The normalized spacial score (nSPS) is 11.4. The summed E-state index contributed by atoms with van der Waals surface area (Å²) in [5.41, 5.74) is 6.31. The molecule has 0 radical (unpaired) electrons. The van der Waals surface area contributed by atoms with Gasteiger partial charge in [-0.25, -0.2) is 0 Å². The highest BCUT2D eigenvalue weighted by Crippen LogP contribution is 2.24. The first-order valence-corrected chi connectivity index (χ1v) is 5.51. The third kappa shape index (κ3) is 3.73. The molecular weight excluding hydrogens is 245 g/mol. The summed E-state index contributed by atoms with van der Waals surface area (Å²) in [5, 5.41) is 0. The van der Waals surface area contributed by atoms with E-state index in [2.05, 4.69) is 0 Å². The smallest absolute Gasteiger partial charge is 0.330 e. The van der Waals surface area contributed by atoms with Crippen LogP contribution in [0.4, 0.5) is 18.9 Å². The first kappa shape index (κ1) is 14.5. The van der Waals surface area contributed by atoms with Gasteiger partial charge in [0.05, 0.1) is 0 Å². The van der Waals surface area contributed by atoms with Crippen LogP contribution in [-0.4, -0.2) is 25.2 Å². The number of anilines is 1. The second-order valence-electron chi connectivity index (χ2n) is 3.94. The molecule has 0 heterocycles. The zero-order chi connectivity index (χ0) is 13.8. The van der Waals surface area contributed by atoms with Gasteiger partial charge in [-0.1, -0.05) is 12.1 Å². The Labute approximate surface area is 103 Å². The average Bonchev–Trinajstić information content (AvgIpc) is 2.28. The number of hydrogen-bond donors (Lipinski definition) is 1. The number of nitrogens with zero attached hydrogens (tertiary/aromatic N) is 1. The van der Waals surface area contributed by atoms with Crippen LogP contribution in [0.5, 0.6) is 0 Å². The molecule has 0 bridgehead atoms. The number of alkyl halides is 3. The molecule has 0 saturated heterocycles. The minimum absolute atomic E-state index is 0.0434. The lowest BCUT2D eigenvalue weighted by molar-refractivity contribution is -0.170. The molecule has 18 heavy (non-hydrogen) atoms. The molecule has 3 nitrogen and oxygen atoms in total. The van der Waals surface area contributed by atoms with Crippen LogP contribution in [0.3, 0.4) is 0 Å². The maximum absolute atomic E-state index is 12.5. The largest absolute Gasteiger partial charge is 0.471 e. The predicted octanol–water partition coefficient (Wildman–Crippen LogP) is 2.24. The van der Waals surface area contributed by atoms with Crippen LogP contribution in [0.1, 0.15) is 12.0 Å². The summed E-state index contributed by atoms with van der Waals surface area (Å²) in [4.78, 5) is 12.1. The summed E-state index contributed by atoms with van der Waals surface area (Å²) in [5.74, 6) is -1.86. The second kappa shape index (κ2) is 5.86. The van der Waals surface area contributed by atoms with Crippen molar-refractivity contribution in [1.82, 2.24) is 0 Å². The molecule has 0 atom stereocenters. The zero-order valence-electron chi connectivity index (χ0n) is 10.00. The highest BCUT2D eigenvalue weighted by molar-refractivity contribution is 5.97. The van der Waals surface area contributed by atoms with E-state index >= 15 is 0 Å². The minimum Gasteiger partial charge on any atom is -0.330 e. The van der Waals surface area contributed by atoms with Gasteiger partial charge in [-0.15, -0.1) is 0 Å². The van der Waals surface area contributed by atoms with Crippen molar-refractivity contribution in [2.24, 2.45) is 5.73 Å². The van der Waals surface area contributed by atoms with Crippen LogP contribution < -0.4 is 10.6 Å². The topological polar surface area (TPSA) is 46.3 Å². The van der Waals surface area contributed by atoms with E-state index in [-0.39, 0.29) is 18.8 Å². The van der Waals surface area contributed by atoms with Gasteiger partial charge in [-0.05, 0) is 37.6 Å². The molecule has 6 heteroatoms. The van der Waals surface area contributed by atoms with Gasteiger partial charge in [0.1, 0.15) is 0 Å². The summed E-state index contributed by atoms with van der Waals surface area (Å²) in [6, 6.07) is 6.39. The molecule has 0 aliphatic heterocycles. The molecule has 1 rings (SSSR count). The number of amides is 1. The number of aryl methyl sites for hydroxylation is 1. The Morgan fingerprint density at radius 2 is 2.06 bits per heavy atom. The molecule has 0 spiro atoms. The molecule has 0 aromatic heterocycles. The number of carbonyl (C=O) groups is 1. The van der Waals surface area contributed by atoms with Gasteiger partial charge in [0, 0.05) is 12.2 Å². The maximum atomic E-state index is 12.5. The Bertz CT molecular complexity index is 418. The highest BCUT2D eigenvalue weighted by atomic mass is 19.4. The van der Waals surface area contributed by atoms with E-state index in [0.29, 0.717) is 6.42 Å². The lowest BCUT2D eigenvalue weighted by Crippen LogP contribution is -2.42. The lowest BCUT2D eigenvalue weighted by Gasteiger charge is -2.24. The first-order valence-electron chi connectivity index (χ1n) is 5.51. The van der Waals surface area contributed by atoms with Crippen LogP contribution in [0.2, 0.25) is 0 Å². The molecule has 1 aromatic rings. The summed E-state index contributed by atoms with van der Waals surface area (Å²) in [7, 11) is 0. The number of nitrogens with two attached hydrogens (primary N) is 1. The summed E-state index contributed by atoms with van der Waals surface area (Å²) in [6.07, 6.45) is -4.56. The quantitative estimate of drug-likeness (QED) is 0.902. The average molecular weight is 260 g/mol. The van der Waals surface area contributed by atoms with Crippen molar-refractivity contribution >= 4 is 11.6 Å². The third-order valence-corrected chi connectivity index (χ3v) is 2.39. The summed E-state index contributed by atoms with van der Waals surface area (Å²) >= 11 is 0. The zero-order valence-corrected chi connectivity index (χ0v) is 10.00. The second-order valence-corrected chi connectivity index (χ2v) is 3.94. The van der Waals surface area contributed by atoms with Gasteiger partial charge in [0.25, 0.3) is 0 Å². The van der Waals surface area contributed by atoms with Crippen LogP contribution in [0, 0.1) is 6.92 Å². The standard InChI is InChI=1S/C12H15F3N2O/c1-9-4-2-5-10(8-9)17(7-3-6-16)11(18)12(13,14)15/h2,4-5,8H,3,6-7,16H2,1H3. The molecule has 0 saturated carbocycles. The SMILES string of the molecule is Cc1cccc(N(CCCN)C(=O)C(F)(F)F)c1. The van der Waals surface area contributed by atoms with Gasteiger partial charge in [-0.2, -0.15) is 13.2 Å². The molecule has 0 unspecified atom stereocenters. The Morgan fingerprint density at radius 1 is 1.39 bits per heavy atom. The number of hydrogen-bond acceptors (Lipinski definition) is 2. The van der Waals surface area contributed by atoms with Crippen LogP contribution in [0.15, 0.2) is 24.3 Å². The predicted molar refractivity (Wildman–Crippen MR) is 63.3 cm³/mol. The van der Waals surface area contributed by atoms with Crippen molar-refractivity contribution in [3.05, 3.63) is 29.8 Å². The van der Waals surface area contributed by atoms with Gasteiger partial charge in [-0.3, -0.25) is 4.79 Å². The molecule has 2 N–H and O–H groups in total. The molecule has 100 valence electrons. The Kier molecular flexibility index (Phi) is 4.72. The lowest BCUT2D eigenvalue weighted by atomic mass is 10.2. The van der Waals surface area contributed by atoms with Crippen LogP contribution >= 0.6 is 0 Å². The van der Waals surface area contributed by atoms with E-state index < -0.39 is 12.1 Å². The van der Waals surface area contributed by atoms with Gasteiger partial charge in [0.15, 0.2) is 0 Å². The molecule has 0 fully saturated rings. The fourth-order valence-corrected chi connectivity index (χ4v) is 1.55. The van der Waals surface area contributed by atoms with Crippen molar-refractivity contribution in [3.63, 3.8) is 0 Å². The van der Waals surface area contributed by atoms with Gasteiger partial charge in [0.2, 0.25) is 0 Å². The van der Waals surface area contributed by atoms with Crippen molar-refractivity contribution in [1.29, 1.82) is 0 Å². The molecule has 0 aliphatic rings. The van der Waals surface area contributed by atoms with Crippen LogP contribution in [0.25, 0.3) is 0 Å². The molecule has 0 aliphatic carbocycles. The molecular formula is C12H15F3N2O. The fraction of sp³-hybridized carbons (Fsp3) is 0.417.